The van der Waals surface area contributed by atoms with E-state index in [4.69, 9.17) is 4.74 Å². The van der Waals surface area contributed by atoms with Crippen LogP contribution in [0.15, 0.2) is 28.9 Å². The van der Waals surface area contributed by atoms with E-state index < -0.39 is 0 Å². The van der Waals surface area contributed by atoms with Crippen molar-refractivity contribution in [2.75, 3.05) is 13.7 Å². The molecule has 0 saturated carbocycles. The van der Waals surface area contributed by atoms with Crippen LogP contribution in [0.5, 0.6) is 5.75 Å². The Hall–Kier alpha value is -1.33. The second-order valence-corrected chi connectivity index (χ2v) is 6.00. The lowest BCUT2D eigenvalue weighted by atomic mass is 10.1. The van der Waals surface area contributed by atoms with E-state index in [1.807, 2.05) is 24.4 Å². The van der Waals surface area contributed by atoms with Gasteiger partial charge in [-0.25, -0.2) is 4.98 Å². The molecule has 0 bridgehead atoms. The molecule has 1 atom stereocenters. The summed E-state index contributed by atoms with van der Waals surface area (Å²) in [5.41, 5.74) is 2.02. The first-order valence-corrected chi connectivity index (χ1v) is 7.67. The van der Waals surface area contributed by atoms with E-state index in [2.05, 4.69) is 31.2 Å². The van der Waals surface area contributed by atoms with Crippen molar-refractivity contribution in [3.8, 4) is 17.0 Å². The zero-order valence-corrected chi connectivity index (χ0v) is 13.0. The van der Waals surface area contributed by atoms with Gasteiger partial charge in [0.25, 0.3) is 0 Å². The van der Waals surface area contributed by atoms with Gasteiger partial charge in [0.15, 0.2) is 0 Å². The summed E-state index contributed by atoms with van der Waals surface area (Å²) in [5, 5.41) is 3.49. The number of hydrogen-bond donors (Lipinski definition) is 2. The number of hydrogen-bond acceptors (Lipinski definition) is 3. The lowest BCUT2D eigenvalue weighted by molar-refractivity contribution is 0.416. The van der Waals surface area contributed by atoms with Crippen LogP contribution in [-0.2, 0) is 6.42 Å². The number of aromatic nitrogens is 2. The van der Waals surface area contributed by atoms with Gasteiger partial charge in [-0.05, 0) is 37.6 Å². The third kappa shape index (κ3) is 2.88. The molecule has 4 nitrogen and oxygen atoms in total. The summed E-state index contributed by atoms with van der Waals surface area (Å²) in [6, 6.07) is 6.53. The molecule has 5 heteroatoms. The molecule has 0 aliphatic carbocycles. The van der Waals surface area contributed by atoms with Gasteiger partial charge in [-0.1, -0.05) is 15.9 Å². The fraction of sp³-hybridized carbons (Fsp3) is 0.400. The summed E-state index contributed by atoms with van der Waals surface area (Å²) in [6.45, 7) is 1.12. The summed E-state index contributed by atoms with van der Waals surface area (Å²) >= 11 is 3.50. The van der Waals surface area contributed by atoms with E-state index in [0.717, 1.165) is 40.3 Å². The maximum Gasteiger partial charge on any atom is 0.128 e. The Labute approximate surface area is 127 Å². The monoisotopic (exact) mass is 335 g/mol. The van der Waals surface area contributed by atoms with Crippen LogP contribution in [0.2, 0.25) is 0 Å². The highest BCUT2D eigenvalue weighted by molar-refractivity contribution is 9.10. The molecular weight excluding hydrogens is 318 g/mol. The number of nitrogens with one attached hydrogen (secondary N) is 2. The first kappa shape index (κ1) is 13.6. The molecule has 1 aliphatic heterocycles. The highest BCUT2D eigenvalue weighted by Gasteiger charge is 2.17. The fourth-order valence-corrected chi connectivity index (χ4v) is 3.02. The Morgan fingerprint density at radius 3 is 3.10 bits per heavy atom. The summed E-state index contributed by atoms with van der Waals surface area (Å²) in [4.78, 5) is 7.90. The number of aromatic amines is 1. The van der Waals surface area contributed by atoms with Crippen molar-refractivity contribution in [2.45, 2.75) is 25.3 Å². The minimum atomic E-state index is 0.554. The van der Waals surface area contributed by atoms with Gasteiger partial charge in [0.1, 0.15) is 11.6 Å². The zero-order valence-electron chi connectivity index (χ0n) is 11.4. The van der Waals surface area contributed by atoms with Crippen molar-refractivity contribution < 1.29 is 4.74 Å². The van der Waals surface area contributed by atoms with Crippen LogP contribution in [0, 0.1) is 0 Å². The number of halogens is 1. The minimum absolute atomic E-state index is 0.554. The van der Waals surface area contributed by atoms with Crippen molar-refractivity contribution in [1.82, 2.24) is 15.3 Å². The molecule has 1 fully saturated rings. The molecule has 2 heterocycles. The second kappa shape index (κ2) is 5.97. The molecule has 1 saturated heterocycles. The lowest BCUT2D eigenvalue weighted by Crippen LogP contribution is -2.24. The number of rotatable bonds is 4. The van der Waals surface area contributed by atoms with Crippen molar-refractivity contribution in [2.24, 2.45) is 0 Å². The van der Waals surface area contributed by atoms with Gasteiger partial charge >= 0.3 is 0 Å². The van der Waals surface area contributed by atoms with E-state index in [0.29, 0.717) is 6.04 Å². The molecule has 106 valence electrons. The van der Waals surface area contributed by atoms with Crippen LogP contribution in [0.1, 0.15) is 18.7 Å². The maximum absolute atomic E-state index is 5.42. The maximum atomic E-state index is 5.42. The number of ether oxygens (including phenoxy) is 1. The van der Waals surface area contributed by atoms with Crippen LogP contribution >= 0.6 is 15.9 Å². The van der Waals surface area contributed by atoms with Crippen LogP contribution in [0.25, 0.3) is 11.3 Å². The average Bonchev–Trinajstić information content (AvgIpc) is 3.11. The molecule has 20 heavy (non-hydrogen) atoms. The Morgan fingerprint density at radius 1 is 1.45 bits per heavy atom. The summed E-state index contributed by atoms with van der Waals surface area (Å²) in [7, 11) is 1.69. The average molecular weight is 336 g/mol. The second-order valence-electron chi connectivity index (χ2n) is 5.09. The molecule has 0 radical (unpaired) electrons. The number of H-pyrrole nitrogens is 1. The number of methoxy groups -OCH3 is 1. The molecule has 1 aromatic heterocycles. The van der Waals surface area contributed by atoms with Gasteiger partial charge in [0.05, 0.1) is 19.0 Å². The Bertz CT molecular complexity index is 591. The first-order valence-electron chi connectivity index (χ1n) is 6.87. The normalized spacial score (nSPS) is 18.4. The molecule has 0 amide bonds. The van der Waals surface area contributed by atoms with Crippen molar-refractivity contribution >= 4 is 15.9 Å². The van der Waals surface area contributed by atoms with Gasteiger partial charge in [0.2, 0.25) is 0 Å². The van der Waals surface area contributed by atoms with Crippen LogP contribution in [0.3, 0.4) is 0 Å². The van der Waals surface area contributed by atoms with Gasteiger partial charge in [-0.15, -0.1) is 0 Å². The van der Waals surface area contributed by atoms with E-state index in [-0.39, 0.29) is 0 Å². The molecule has 1 aromatic carbocycles. The zero-order chi connectivity index (χ0) is 13.9. The molecule has 3 rings (SSSR count). The van der Waals surface area contributed by atoms with Crippen molar-refractivity contribution in [3.05, 3.63) is 34.7 Å². The van der Waals surface area contributed by atoms with Gasteiger partial charge in [-0.2, -0.15) is 0 Å². The third-order valence-electron chi connectivity index (χ3n) is 3.68. The lowest BCUT2D eigenvalue weighted by Gasteiger charge is -2.08. The largest absolute Gasteiger partial charge is 0.496 e. The summed E-state index contributed by atoms with van der Waals surface area (Å²) in [5.74, 6) is 1.88. The topological polar surface area (TPSA) is 49.9 Å². The van der Waals surface area contributed by atoms with Gasteiger partial charge < -0.3 is 15.0 Å². The highest BCUT2D eigenvalue weighted by Crippen LogP contribution is 2.31. The Balaban J connectivity index is 1.83. The molecule has 0 spiro atoms. The molecular formula is C15H18BrN3O. The molecule has 1 aliphatic rings. The predicted molar refractivity (Wildman–Crippen MR) is 83.0 cm³/mol. The highest BCUT2D eigenvalue weighted by atomic mass is 79.9. The molecule has 1 unspecified atom stereocenters. The van der Waals surface area contributed by atoms with Crippen LogP contribution in [-0.4, -0.2) is 29.7 Å². The smallest absolute Gasteiger partial charge is 0.128 e. The first-order chi connectivity index (χ1) is 9.76. The molecule has 2 aromatic rings. The number of imidazole rings is 1. The summed E-state index contributed by atoms with van der Waals surface area (Å²) in [6.07, 6.45) is 5.33. The minimum Gasteiger partial charge on any atom is -0.496 e. The van der Waals surface area contributed by atoms with E-state index in [1.54, 1.807) is 7.11 Å². The summed E-state index contributed by atoms with van der Waals surface area (Å²) < 4.78 is 6.45. The van der Waals surface area contributed by atoms with Gasteiger partial charge in [0, 0.05) is 22.5 Å². The van der Waals surface area contributed by atoms with Crippen LogP contribution < -0.4 is 10.1 Å². The standard InChI is InChI=1S/C15H18BrN3O/c1-20-14-5-4-10(16)7-12(14)13-9-18-15(19-13)8-11-3-2-6-17-11/h4-5,7,9,11,17H,2-3,6,8H2,1H3,(H,18,19). The number of benzene rings is 1. The van der Waals surface area contributed by atoms with Crippen molar-refractivity contribution in [1.29, 1.82) is 0 Å². The van der Waals surface area contributed by atoms with E-state index >= 15 is 0 Å². The van der Waals surface area contributed by atoms with E-state index in [1.165, 1.54) is 12.8 Å². The fourth-order valence-electron chi connectivity index (χ4n) is 2.66. The SMILES string of the molecule is COc1ccc(Br)cc1-c1cnc(CC2CCCN2)[nH]1. The van der Waals surface area contributed by atoms with Gasteiger partial charge in [-0.3, -0.25) is 0 Å². The third-order valence-corrected chi connectivity index (χ3v) is 4.18. The Kier molecular flexibility index (Phi) is 4.08. The quantitative estimate of drug-likeness (QED) is 0.902. The Morgan fingerprint density at radius 2 is 2.35 bits per heavy atom. The van der Waals surface area contributed by atoms with Crippen LogP contribution in [0.4, 0.5) is 0 Å². The predicted octanol–water partition coefficient (Wildman–Crippen LogP) is 3.14. The van der Waals surface area contributed by atoms with E-state index in [9.17, 15) is 0 Å². The number of nitrogens with zero attached hydrogens (tertiary/aromatic N) is 1. The molecule has 2 N–H and O–H groups in total. The van der Waals surface area contributed by atoms with Crippen molar-refractivity contribution in [3.63, 3.8) is 0 Å².